The molecule has 4 nitrogen and oxygen atoms in total. The van der Waals surface area contributed by atoms with Gasteiger partial charge in [-0.05, 0) is 43.2 Å². The van der Waals surface area contributed by atoms with Crippen molar-refractivity contribution in [1.82, 2.24) is 10.6 Å². The molecule has 102 valence electrons. The summed E-state index contributed by atoms with van der Waals surface area (Å²) in [4.78, 5) is 22.9. The van der Waals surface area contributed by atoms with Crippen molar-refractivity contribution in [2.45, 2.75) is 13.8 Å². The fourth-order valence-corrected chi connectivity index (χ4v) is 2.15. The van der Waals surface area contributed by atoms with E-state index in [0.29, 0.717) is 18.7 Å². The summed E-state index contributed by atoms with van der Waals surface area (Å²) in [5.74, 6) is -0.390. The van der Waals surface area contributed by atoms with E-state index >= 15 is 0 Å². The van der Waals surface area contributed by atoms with Crippen LogP contribution in [0.2, 0.25) is 0 Å². The third-order valence-electron chi connectivity index (χ3n) is 2.77. The summed E-state index contributed by atoms with van der Waals surface area (Å²) >= 11 is 3.38. The van der Waals surface area contributed by atoms with E-state index in [4.69, 9.17) is 0 Å². The van der Waals surface area contributed by atoms with Gasteiger partial charge in [-0.2, -0.15) is 0 Å². The maximum Gasteiger partial charge on any atom is 0.251 e. The molecule has 0 aliphatic rings. The Morgan fingerprint density at radius 3 is 2.53 bits per heavy atom. The standard InChI is InChI=1S/C14H17BrN2O2/c1-4-13(18)16-5-6-17-14(19)12-8-11(15)7-9(2)10(12)3/h4,7-8H,1,5-6H2,2-3H3,(H,16,18)(H,17,19). The highest BCUT2D eigenvalue weighted by molar-refractivity contribution is 9.10. The summed E-state index contributed by atoms with van der Waals surface area (Å²) in [5.41, 5.74) is 2.65. The Morgan fingerprint density at radius 2 is 1.89 bits per heavy atom. The van der Waals surface area contributed by atoms with E-state index in [0.717, 1.165) is 15.6 Å². The molecule has 0 aromatic heterocycles. The Morgan fingerprint density at radius 1 is 1.26 bits per heavy atom. The van der Waals surface area contributed by atoms with Gasteiger partial charge in [0.25, 0.3) is 5.91 Å². The second-order valence-corrected chi connectivity index (χ2v) is 5.06. The zero-order valence-corrected chi connectivity index (χ0v) is 12.6. The Hall–Kier alpha value is -1.62. The lowest BCUT2D eigenvalue weighted by atomic mass is 10.0. The zero-order valence-electron chi connectivity index (χ0n) is 11.0. The molecular weight excluding hydrogens is 308 g/mol. The minimum Gasteiger partial charge on any atom is -0.351 e. The van der Waals surface area contributed by atoms with Crippen molar-refractivity contribution in [2.24, 2.45) is 0 Å². The Bertz CT molecular complexity index is 512. The Labute approximate surface area is 121 Å². The molecule has 2 amide bonds. The van der Waals surface area contributed by atoms with Gasteiger partial charge in [0.05, 0.1) is 0 Å². The molecule has 0 saturated heterocycles. The molecule has 0 unspecified atom stereocenters. The van der Waals surface area contributed by atoms with Gasteiger partial charge in [0.1, 0.15) is 0 Å². The number of hydrogen-bond acceptors (Lipinski definition) is 2. The van der Waals surface area contributed by atoms with E-state index < -0.39 is 0 Å². The van der Waals surface area contributed by atoms with E-state index in [1.54, 1.807) is 6.07 Å². The van der Waals surface area contributed by atoms with Gasteiger partial charge in [0.2, 0.25) is 5.91 Å². The molecule has 1 aromatic rings. The first-order valence-electron chi connectivity index (χ1n) is 5.91. The summed E-state index contributed by atoms with van der Waals surface area (Å²) in [6.07, 6.45) is 1.20. The molecule has 0 heterocycles. The molecule has 0 saturated carbocycles. The molecule has 0 fully saturated rings. The number of carbonyl (C=O) groups excluding carboxylic acids is 2. The van der Waals surface area contributed by atoms with Crippen LogP contribution in [0.4, 0.5) is 0 Å². The summed E-state index contributed by atoms with van der Waals surface area (Å²) in [6, 6.07) is 3.76. The smallest absolute Gasteiger partial charge is 0.251 e. The number of aryl methyl sites for hydroxylation is 1. The topological polar surface area (TPSA) is 58.2 Å². The lowest BCUT2D eigenvalue weighted by Crippen LogP contribution is -2.34. The average molecular weight is 325 g/mol. The van der Waals surface area contributed by atoms with Crippen LogP contribution in [0, 0.1) is 13.8 Å². The molecule has 0 bridgehead atoms. The molecule has 0 aliphatic heterocycles. The van der Waals surface area contributed by atoms with Gasteiger partial charge in [-0.25, -0.2) is 0 Å². The van der Waals surface area contributed by atoms with Crippen LogP contribution in [0.3, 0.4) is 0 Å². The molecule has 0 radical (unpaired) electrons. The molecule has 0 atom stereocenters. The van der Waals surface area contributed by atoms with E-state index in [1.165, 1.54) is 6.08 Å². The molecule has 5 heteroatoms. The second kappa shape index (κ2) is 7.09. The first-order chi connectivity index (χ1) is 8.95. The molecule has 0 spiro atoms. The Kier molecular flexibility index (Phi) is 5.76. The number of amides is 2. The van der Waals surface area contributed by atoms with Gasteiger partial charge >= 0.3 is 0 Å². The molecule has 1 aromatic carbocycles. The lowest BCUT2D eigenvalue weighted by Gasteiger charge is -2.10. The number of benzene rings is 1. The van der Waals surface area contributed by atoms with Crippen molar-refractivity contribution in [3.63, 3.8) is 0 Å². The SMILES string of the molecule is C=CC(=O)NCCNC(=O)c1cc(Br)cc(C)c1C. The monoisotopic (exact) mass is 324 g/mol. The maximum absolute atomic E-state index is 12.0. The van der Waals surface area contributed by atoms with Crippen molar-refractivity contribution in [2.75, 3.05) is 13.1 Å². The van der Waals surface area contributed by atoms with Gasteiger partial charge in [-0.15, -0.1) is 0 Å². The summed E-state index contributed by atoms with van der Waals surface area (Å²) < 4.78 is 0.876. The van der Waals surface area contributed by atoms with Gasteiger partial charge in [-0.3, -0.25) is 9.59 Å². The van der Waals surface area contributed by atoms with Crippen LogP contribution in [0.15, 0.2) is 29.3 Å². The first kappa shape index (κ1) is 15.4. The highest BCUT2D eigenvalue weighted by Crippen LogP contribution is 2.20. The quantitative estimate of drug-likeness (QED) is 0.643. The van der Waals surface area contributed by atoms with E-state index in [9.17, 15) is 9.59 Å². The molecule has 0 aliphatic carbocycles. The van der Waals surface area contributed by atoms with Crippen LogP contribution >= 0.6 is 15.9 Å². The fraction of sp³-hybridized carbons (Fsp3) is 0.286. The number of nitrogens with one attached hydrogen (secondary N) is 2. The molecule has 2 N–H and O–H groups in total. The van der Waals surface area contributed by atoms with Crippen molar-refractivity contribution < 1.29 is 9.59 Å². The van der Waals surface area contributed by atoms with Gasteiger partial charge in [0.15, 0.2) is 0 Å². The third-order valence-corrected chi connectivity index (χ3v) is 3.23. The third kappa shape index (κ3) is 4.52. The van der Waals surface area contributed by atoms with Crippen molar-refractivity contribution >= 4 is 27.7 Å². The maximum atomic E-state index is 12.0. The fourth-order valence-electron chi connectivity index (χ4n) is 1.58. The molecule has 19 heavy (non-hydrogen) atoms. The highest BCUT2D eigenvalue weighted by atomic mass is 79.9. The summed E-state index contributed by atoms with van der Waals surface area (Å²) in [6.45, 7) is 7.98. The van der Waals surface area contributed by atoms with Gasteiger partial charge in [-0.1, -0.05) is 22.5 Å². The number of hydrogen-bond donors (Lipinski definition) is 2. The second-order valence-electron chi connectivity index (χ2n) is 4.15. The largest absolute Gasteiger partial charge is 0.351 e. The minimum absolute atomic E-state index is 0.144. The molecule has 1 rings (SSSR count). The minimum atomic E-state index is -0.247. The normalized spacial score (nSPS) is 9.84. The van der Waals surface area contributed by atoms with Crippen LogP contribution < -0.4 is 10.6 Å². The molecular formula is C14H17BrN2O2. The summed E-state index contributed by atoms with van der Waals surface area (Å²) in [7, 11) is 0. The van der Waals surface area contributed by atoms with Gasteiger partial charge in [0, 0.05) is 23.1 Å². The first-order valence-corrected chi connectivity index (χ1v) is 6.70. The number of rotatable bonds is 5. The number of carbonyl (C=O) groups is 2. The van der Waals surface area contributed by atoms with Crippen LogP contribution in [0.1, 0.15) is 21.5 Å². The Balaban J connectivity index is 2.59. The zero-order chi connectivity index (χ0) is 14.4. The lowest BCUT2D eigenvalue weighted by molar-refractivity contribution is -0.116. The highest BCUT2D eigenvalue weighted by Gasteiger charge is 2.11. The van der Waals surface area contributed by atoms with Crippen LogP contribution in [-0.2, 0) is 4.79 Å². The average Bonchev–Trinajstić information content (AvgIpc) is 2.38. The van der Waals surface area contributed by atoms with Crippen LogP contribution in [0.5, 0.6) is 0 Å². The predicted molar refractivity (Wildman–Crippen MR) is 79.2 cm³/mol. The van der Waals surface area contributed by atoms with E-state index in [2.05, 4.69) is 33.1 Å². The van der Waals surface area contributed by atoms with Gasteiger partial charge < -0.3 is 10.6 Å². The van der Waals surface area contributed by atoms with E-state index in [-0.39, 0.29) is 11.8 Å². The number of halogens is 1. The van der Waals surface area contributed by atoms with Crippen molar-refractivity contribution in [3.05, 3.63) is 46.0 Å². The summed E-state index contributed by atoms with van der Waals surface area (Å²) in [5, 5.41) is 5.36. The van der Waals surface area contributed by atoms with Crippen molar-refractivity contribution in [1.29, 1.82) is 0 Å². The van der Waals surface area contributed by atoms with Crippen LogP contribution in [-0.4, -0.2) is 24.9 Å². The van der Waals surface area contributed by atoms with Crippen molar-refractivity contribution in [3.8, 4) is 0 Å². The van der Waals surface area contributed by atoms with E-state index in [1.807, 2.05) is 19.9 Å². The van der Waals surface area contributed by atoms with Crippen LogP contribution in [0.25, 0.3) is 0 Å². The predicted octanol–water partition coefficient (Wildman–Crippen LogP) is 2.10.